The van der Waals surface area contributed by atoms with Gasteiger partial charge in [-0.25, -0.2) is 9.41 Å². The first-order valence-corrected chi connectivity index (χ1v) is 13.5. The van der Waals surface area contributed by atoms with Crippen molar-refractivity contribution in [2.24, 2.45) is 13.0 Å². The van der Waals surface area contributed by atoms with Crippen molar-refractivity contribution in [3.63, 3.8) is 0 Å². The molecule has 1 fully saturated rings. The predicted octanol–water partition coefficient (Wildman–Crippen LogP) is 9.03. The molecule has 0 unspecified atom stereocenters. The maximum atomic E-state index is 7.83. The van der Waals surface area contributed by atoms with Gasteiger partial charge in [0.2, 0.25) is 5.69 Å². The molecule has 0 radical (unpaired) electrons. The second kappa shape index (κ2) is 9.52. The van der Waals surface area contributed by atoms with E-state index >= 15 is 0 Å². The number of pyridine rings is 1. The zero-order chi connectivity index (χ0) is 25.5. The molecule has 1 aliphatic rings. The van der Waals surface area contributed by atoms with Crippen LogP contribution in [-0.4, -0.2) is 0 Å². The van der Waals surface area contributed by atoms with E-state index in [0.29, 0.717) is 5.69 Å². The van der Waals surface area contributed by atoms with Crippen molar-refractivity contribution in [2.75, 3.05) is 0 Å². The molecule has 0 amide bonds. The van der Waals surface area contributed by atoms with Crippen LogP contribution in [0, 0.1) is 26.3 Å². The summed E-state index contributed by atoms with van der Waals surface area (Å²) in [4.78, 5) is 3.85. The first-order chi connectivity index (χ1) is 18.0. The van der Waals surface area contributed by atoms with Crippen molar-refractivity contribution in [1.29, 1.82) is 0 Å². The molecule has 184 valence electrons. The number of hydrogen-bond donors (Lipinski definition) is 0. The van der Waals surface area contributed by atoms with Gasteiger partial charge in [-0.05, 0) is 48.4 Å². The maximum Gasteiger partial charge on any atom is 0.216 e. The predicted molar refractivity (Wildman–Crippen MR) is 152 cm³/mol. The number of aromatic nitrogens is 1. The Morgan fingerprint density at radius 2 is 1.68 bits per heavy atom. The Morgan fingerprint density at radius 3 is 2.43 bits per heavy atom. The minimum absolute atomic E-state index is 0.619. The number of fused-ring (bicyclic) bond motifs is 3. The fraction of sp³-hybridized carbons (Fsp3) is 0.294. The van der Waals surface area contributed by atoms with Crippen molar-refractivity contribution in [1.82, 2.24) is 0 Å². The van der Waals surface area contributed by atoms with Crippen LogP contribution in [0.15, 0.2) is 71.3 Å². The van der Waals surface area contributed by atoms with Gasteiger partial charge >= 0.3 is 0 Å². The maximum absolute atomic E-state index is 7.83. The third kappa shape index (κ3) is 4.11. The van der Waals surface area contributed by atoms with Crippen LogP contribution in [0.4, 0.5) is 5.69 Å². The van der Waals surface area contributed by atoms with E-state index in [0.717, 1.165) is 51.0 Å². The molecule has 5 aromatic rings. The van der Waals surface area contributed by atoms with Gasteiger partial charge in [0.1, 0.15) is 18.2 Å². The number of rotatable bonds is 4. The van der Waals surface area contributed by atoms with Crippen LogP contribution < -0.4 is 4.57 Å². The molecule has 1 aliphatic carbocycles. The molecule has 0 saturated heterocycles. The van der Waals surface area contributed by atoms with Gasteiger partial charge in [-0.1, -0.05) is 80.6 Å². The average molecular weight is 486 g/mol. The molecule has 3 heteroatoms. The Hall–Kier alpha value is -3.90. The largest absolute Gasteiger partial charge is 0.456 e. The monoisotopic (exact) mass is 485 g/mol. The summed E-state index contributed by atoms with van der Waals surface area (Å²) in [5.41, 5.74) is 10.4. The third-order valence-electron chi connectivity index (χ3n) is 8.19. The summed E-state index contributed by atoms with van der Waals surface area (Å²) in [6.45, 7) is 12.2. The van der Waals surface area contributed by atoms with Crippen LogP contribution in [0.1, 0.15) is 48.8 Å². The van der Waals surface area contributed by atoms with Crippen LogP contribution in [0.5, 0.6) is 0 Å². The van der Waals surface area contributed by atoms with Gasteiger partial charge in [0, 0.05) is 28.5 Å². The molecule has 0 atom stereocenters. The van der Waals surface area contributed by atoms with Crippen LogP contribution >= 0.6 is 0 Å². The van der Waals surface area contributed by atoms with Crippen LogP contribution in [-0.2, 0) is 13.5 Å². The lowest BCUT2D eigenvalue weighted by Gasteiger charge is -2.21. The Balaban J connectivity index is 1.60. The van der Waals surface area contributed by atoms with Crippen LogP contribution in [0.25, 0.3) is 49.2 Å². The summed E-state index contributed by atoms with van der Waals surface area (Å²) >= 11 is 0. The number of benzene rings is 3. The molecular formula is C34H33N2O+. The van der Waals surface area contributed by atoms with Gasteiger partial charge in [0.25, 0.3) is 0 Å². The van der Waals surface area contributed by atoms with Crippen molar-refractivity contribution in [2.45, 2.75) is 52.4 Å². The Morgan fingerprint density at radius 1 is 0.892 bits per heavy atom. The third-order valence-corrected chi connectivity index (χ3v) is 8.19. The summed E-state index contributed by atoms with van der Waals surface area (Å²) in [6.07, 6.45) is 10.2. The lowest BCUT2D eigenvalue weighted by atomic mass is 9.84. The number of furan rings is 1. The summed E-state index contributed by atoms with van der Waals surface area (Å²) in [6, 6.07) is 21.1. The number of hydrogen-bond acceptors (Lipinski definition) is 1. The van der Waals surface area contributed by atoms with E-state index < -0.39 is 0 Å². The van der Waals surface area contributed by atoms with Gasteiger partial charge < -0.3 is 4.42 Å². The molecule has 0 aliphatic heterocycles. The molecule has 1 saturated carbocycles. The fourth-order valence-corrected chi connectivity index (χ4v) is 6.38. The molecule has 2 heterocycles. The standard InChI is InChI=1S/C34H33N2O/c1-22-19-23(2)31(29-21-25(17-18-36(29)4)20-24-11-7-5-8-12-24)34-30(22)27-15-16-28(35-3)32(33(27)37-34)26-13-9-6-10-14-26/h6,9-10,13-19,21,24H,5,7-8,11-12,20H2,1-2,4H3/q+1. The molecule has 0 spiro atoms. The van der Waals surface area contributed by atoms with Gasteiger partial charge in [-0.15, -0.1) is 0 Å². The molecule has 3 aromatic carbocycles. The highest BCUT2D eigenvalue weighted by Gasteiger charge is 2.25. The van der Waals surface area contributed by atoms with E-state index in [4.69, 9.17) is 11.0 Å². The van der Waals surface area contributed by atoms with Crippen molar-refractivity contribution < 1.29 is 8.98 Å². The Labute approximate surface area is 219 Å². The summed E-state index contributed by atoms with van der Waals surface area (Å²) < 4.78 is 9.04. The van der Waals surface area contributed by atoms with Crippen molar-refractivity contribution in [3.05, 3.63) is 95.0 Å². The van der Waals surface area contributed by atoms with Gasteiger partial charge in [-0.2, -0.15) is 0 Å². The molecule has 0 N–H and O–H groups in total. The van der Waals surface area contributed by atoms with Crippen LogP contribution in [0.3, 0.4) is 0 Å². The SMILES string of the molecule is [C-]#[N+]c1ccc2c(oc3c(-c4cc(CC5CCCCC5)cc[n+]4C)c(C)cc(C)c32)c1-c1ccccc1. The van der Waals surface area contributed by atoms with Gasteiger partial charge in [0.05, 0.1) is 12.1 Å². The number of nitrogens with zero attached hydrogens (tertiary/aromatic N) is 2. The molecule has 2 aromatic heterocycles. The fourth-order valence-electron chi connectivity index (χ4n) is 6.38. The molecular weight excluding hydrogens is 452 g/mol. The summed E-state index contributed by atoms with van der Waals surface area (Å²) in [5, 5.41) is 2.21. The highest BCUT2D eigenvalue weighted by molar-refractivity contribution is 6.16. The van der Waals surface area contributed by atoms with E-state index in [9.17, 15) is 0 Å². The highest BCUT2D eigenvalue weighted by Crippen LogP contribution is 2.45. The smallest absolute Gasteiger partial charge is 0.216 e. The minimum Gasteiger partial charge on any atom is -0.456 e. The topological polar surface area (TPSA) is 21.4 Å². The second-order valence-electron chi connectivity index (χ2n) is 10.7. The normalized spacial score (nSPS) is 14.3. The Bertz CT molecular complexity index is 1660. The van der Waals surface area contributed by atoms with E-state index in [1.54, 1.807) is 0 Å². The summed E-state index contributed by atoms with van der Waals surface area (Å²) in [5.74, 6) is 0.792. The number of aryl methyl sites for hydroxylation is 3. The van der Waals surface area contributed by atoms with Crippen LogP contribution in [0.2, 0.25) is 0 Å². The zero-order valence-electron chi connectivity index (χ0n) is 22.0. The summed E-state index contributed by atoms with van der Waals surface area (Å²) in [7, 11) is 2.12. The quantitative estimate of drug-likeness (QED) is 0.184. The molecule has 6 rings (SSSR count). The Kier molecular flexibility index (Phi) is 6.05. The average Bonchev–Trinajstić information content (AvgIpc) is 3.30. The molecule has 0 bridgehead atoms. The minimum atomic E-state index is 0.619. The highest BCUT2D eigenvalue weighted by atomic mass is 16.3. The lowest BCUT2D eigenvalue weighted by Crippen LogP contribution is -2.31. The van der Waals surface area contributed by atoms with E-state index in [1.165, 1.54) is 54.5 Å². The van der Waals surface area contributed by atoms with Gasteiger partial charge in [-0.3, -0.25) is 0 Å². The first kappa shape index (κ1) is 23.5. The van der Waals surface area contributed by atoms with E-state index in [-0.39, 0.29) is 0 Å². The second-order valence-corrected chi connectivity index (χ2v) is 10.7. The molecule has 37 heavy (non-hydrogen) atoms. The molecule has 3 nitrogen and oxygen atoms in total. The van der Waals surface area contributed by atoms with E-state index in [1.807, 2.05) is 24.3 Å². The first-order valence-electron chi connectivity index (χ1n) is 13.5. The van der Waals surface area contributed by atoms with Crippen molar-refractivity contribution >= 4 is 27.6 Å². The lowest BCUT2D eigenvalue weighted by molar-refractivity contribution is -0.660. The van der Waals surface area contributed by atoms with Gasteiger partial charge in [0.15, 0.2) is 11.9 Å². The van der Waals surface area contributed by atoms with Crippen molar-refractivity contribution in [3.8, 4) is 22.4 Å². The zero-order valence-corrected chi connectivity index (χ0v) is 22.0. The van der Waals surface area contributed by atoms with E-state index in [2.05, 4.69) is 72.9 Å².